The molecule has 1 N–H and O–H groups in total. The van der Waals surface area contributed by atoms with Crippen molar-refractivity contribution in [1.82, 2.24) is 5.32 Å². The Morgan fingerprint density at radius 1 is 1.15 bits per heavy atom. The van der Waals surface area contributed by atoms with Gasteiger partial charge in [0.15, 0.2) is 0 Å². The van der Waals surface area contributed by atoms with Gasteiger partial charge in [-0.3, -0.25) is 0 Å². The first kappa shape index (κ1) is 15.6. The van der Waals surface area contributed by atoms with Gasteiger partial charge in [0.05, 0.1) is 0 Å². The fourth-order valence-corrected chi connectivity index (χ4v) is 3.86. The van der Waals surface area contributed by atoms with Crippen LogP contribution < -0.4 is 5.32 Å². The average molecular weight is 273 g/mol. The lowest BCUT2D eigenvalue weighted by Crippen LogP contribution is -2.30. The van der Waals surface area contributed by atoms with Crippen LogP contribution in [0.4, 0.5) is 0 Å². The largest absolute Gasteiger partial charge is 0.310 e. The van der Waals surface area contributed by atoms with Crippen LogP contribution >= 0.6 is 0 Å². The first-order valence-electron chi connectivity index (χ1n) is 8.56. The Bertz CT molecular complexity index is 424. The minimum Gasteiger partial charge on any atom is -0.310 e. The molecule has 0 aliphatic heterocycles. The predicted octanol–water partition coefficient (Wildman–Crippen LogP) is 4.90. The first-order valence-corrected chi connectivity index (χ1v) is 8.56. The molecule has 1 saturated carbocycles. The average Bonchev–Trinajstić information content (AvgIpc) is 2.90. The molecule has 1 heteroatoms. The monoisotopic (exact) mass is 273 g/mol. The van der Waals surface area contributed by atoms with E-state index in [1.807, 2.05) is 0 Å². The van der Waals surface area contributed by atoms with Crippen molar-refractivity contribution in [3.63, 3.8) is 0 Å². The molecule has 0 aromatic heterocycles. The van der Waals surface area contributed by atoms with Gasteiger partial charge in [0.25, 0.3) is 0 Å². The maximum Gasteiger partial charge on any atom is 0.0353 e. The second kappa shape index (κ2) is 7.26. The van der Waals surface area contributed by atoms with Gasteiger partial charge in [-0.2, -0.15) is 0 Å². The van der Waals surface area contributed by atoms with E-state index in [-0.39, 0.29) is 0 Å². The second-order valence-electron chi connectivity index (χ2n) is 6.35. The third-order valence-corrected chi connectivity index (χ3v) is 5.11. The maximum absolute atomic E-state index is 3.80. The highest BCUT2D eigenvalue weighted by molar-refractivity contribution is 5.35. The van der Waals surface area contributed by atoms with Crippen LogP contribution in [0.15, 0.2) is 18.2 Å². The summed E-state index contributed by atoms with van der Waals surface area (Å²) in [5.41, 5.74) is 4.59. The summed E-state index contributed by atoms with van der Waals surface area (Å²) in [6.45, 7) is 10.3. The summed E-state index contributed by atoms with van der Waals surface area (Å²) in [5.74, 6) is 1.67. The number of rotatable bonds is 6. The van der Waals surface area contributed by atoms with Crippen molar-refractivity contribution < 1.29 is 0 Å². The Morgan fingerprint density at radius 2 is 1.95 bits per heavy atom. The molecule has 3 atom stereocenters. The van der Waals surface area contributed by atoms with Gasteiger partial charge in [-0.15, -0.1) is 0 Å². The topological polar surface area (TPSA) is 12.0 Å². The lowest BCUT2D eigenvalue weighted by atomic mass is 9.82. The van der Waals surface area contributed by atoms with Crippen molar-refractivity contribution in [3.8, 4) is 0 Å². The van der Waals surface area contributed by atoms with Gasteiger partial charge in [0.2, 0.25) is 0 Å². The Balaban J connectivity index is 2.36. The zero-order chi connectivity index (χ0) is 14.5. The van der Waals surface area contributed by atoms with E-state index in [0.29, 0.717) is 6.04 Å². The second-order valence-corrected chi connectivity index (χ2v) is 6.35. The number of nitrogens with one attached hydrogen (secondary N) is 1. The van der Waals surface area contributed by atoms with Crippen molar-refractivity contribution in [2.24, 2.45) is 11.8 Å². The minimum absolute atomic E-state index is 0.555. The lowest BCUT2D eigenvalue weighted by Gasteiger charge is -2.30. The van der Waals surface area contributed by atoms with Crippen LogP contribution in [0, 0.1) is 11.8 Å². The molecule has 112 valence electrons. The highest BCUT2D eigenvalue weighted by Gasteiger charge is 2.32. The maximum atomic E-state index is 3.80. The number of hydrogen-bond acceptors (Lipinski definition) is 1. The fourth-order valence-electron chi connectivity index (χ4n) is 3.86. The van der Waals surface area contributed by atoms with Crippen LogP contribution in [0.3, 0.4) is 0 Å². The summed E-state index contributed by atoms with van der Waals surface area (Å²) in [7, 11) is 0. The number of hydrogen-bond donors (Lipinski definition) is 1. The molecule has 1 fully saturated rings. The molecule has 1 aromatic rings. The smallest absolute Gasteiger partial charge is 0.0353 e. The van der Waals surface area contributed by atoms with Gasteiger partial charge in [-0.1, -0.05) is 58.7 Å². The highest BCUT2D eigenvalue weighted by atomic mass is 14.9. The molecule has 0 bridgehead atoms. The Morgan fingerprint density at radius 3 is 2.50 bits per heavy atom. The van der Waals surface area contributed by atoms with E-state index < -0.39 is 0 Å². The Kier molecular flexibility index (Phi) is 5.65. The van der Waals surface area contributed by atoms with Crippen molar-refractivity contribution >= 4 is 0 Å². The van der Waals surface area contributed by atoms with Gasteiger partial charge in [-0.05, 0) is 54.3 Å². The Labute approximate surface area is 125 Å². The number of benzene rings is 1. The van der Waals surface area contributed by atoms with Crippen molar-refractivity contribution in [1.29, 1.82) is 0 Å². The Hall–Kier alpha value is -0.820. The van der Waals surface area contributed by atoms with Crippen molar-refractivity contribution in [3.05, 3.63) is 34.9 Å². The summed E-state index contributed by atoms with van der Waals surface area (Å²) in [6.07, 6.45) is 6.47. The molecule has 0 amide bonds. The van der Waals surface area contributed by atoms with E-state index in [0.717, 1.165) is 31.2 Å². The van der Waals surface area contributed by atoms with E-state index >= 15 is 0 Å². The SMILES string of the molecule is CCNC(c1cc(CC)ccc1CC)C1CCCC1C. The third-order valence-electron chi connectivity index (χ3n) is 5.11. The standard InChI is InChI=1S/C19H31N/c1-5-15-11-12-16(6-2)18(13-15)19(20-7-3)17-10-8-9-14(17)4/h11-14,17,19-20H,5-10H2,1-4H3. The van der Waals surface area contributed by atoms with E-state index in [9.17, 15) is 0 Å². The quantitative estimate of drug-likeness (QED) is 0.777. The van der Waals surface area contributed by atoms with E-state index in [2.05, 4.69) is 51.2 Å². The number of aryl methyl sites for hydroxylation is 2. The van der Waals surface area contributed by atoms with Crippen LogP contribution in [0.2, 0.25) is 0 Å². The summed E-state index contributed by atoms with van der Waals surface area (Å²) in [4.78, 5) is 0. The van der Waals surface area contributed by atoms with E-state index in [1.165, 1.54) is 30.4 Å². The molecule has 20 heavy (non-hydrogen) atoms. The van der Waals surface area contributed by atoms with Crippen molar-refractivity contribution in [2.75, 3.05) is 6.54 Å². The van der Waals surface area contributed by atoms with Crippen LogP contribution in [0.1, 0.15) is 69.7 Å². The van der Waals surface area contributed by atoms with Gasteiger partial charge >= 0.3 is 0 Å². The zero-order valence-corrected chi connectivity index (χ0v) is 13.7. The normalized spacial score (nSPS) is 24.0. The van der Waals surface area contributed by atoms with Crippen LogP contribution in [-0.4, -0.2) is 6.54 Å². The van der Waals surface area contributed by atoms with Crippen molar-refractivity contribution in [2.45, 2.75) is 65.8 Å². The summed E-state index contributed by atoms with van der Waals surface area (Å²) in [6, 6.07) is 7.69. The molecular formula is C19H31N. The molecule has 0 radical (unpaired) electrons. The van der Waals surface area contributed by atoms with Gasteiger partial charge < -0.3 is 5.32 Å². The first-order chi connectivity index (χ1) is 9.71. The highest BCUT2D eigenvalue weighted by Crippen LogP contribution is 2.41. The molecule has 1 aromatic carbocycles. The summed E-state index contributed by atoms with van der Waals surface area (Å²) in [5, 5.41) is 3.80. The molecule has 0 saturated heterocycles. The molecule has 1 nitrogen and oxygen atoms in total. The van der Waals surface area contributed by atoms with Crippen LogP contribution in [0.25, 0.3) is 0 Å². The molecule has 3 unspecified atom stereocenters. The fraction of sp³-hybridized carbons (Fsp3) is 0.684. The minimum atomic E-state index is 0.555. The van der Waals surface area contributed by atoms with Crippen LogP contribution in [0.5, 0.6) is 0 Å². The molecular weight excluding hydrogens is 242 g/mol. The van der Waals surface area contributed by atoms with Gasteiger partial charge in [-0.25, -0.2) is 0 Å². The molecule has 1 aliphatic carbocycles. The zero-order valence-electron chi connectivity index (χ0n) is 13.7. The van der Waals surface area contributed by atoms with Gasteiger partial charge in [0.1, 0.15) is 0 Å². The summed E-state index contributed by atoms with van der Waals surface area (Å²) >= 11 is 0. The molecule has 0 spiro atoms. The summed E-state index contributed by atoms with van der Waals surface area (Å²) < 4.78 is 0. The predicted molar refractivity (Wildman–Crippen MR) is 88.1 cm³/mol. The lowest BCUT2D eigenvalue weighted by molar-refractivity contribution is 0.304. The van der Waals surface area contributed by atoms with Gasteiger partial charge in [0, 0.05) is 6.04 Å². The molecule has 0 heterocycles. The van der Waals surface area contributed by atoms with E-state index in [1.54, 1.807) is 5.56 Å². The third kappa shape index (κ3) is 3.25. The molecule has 1 aliphatic rings. The molecule has 2 rings (SSSR count). The van der Waals surface area contributed by atoms with Crippen LogP contribution in [-0.2, 0) is 12.8 Å². The van der Waals surface area contributed by atoms with E-state index in [4.69, 9.17) is 0 Å².